The number of amides is 1. The Morgan fingerprint density at radius 2 is 2.20 bits per heavy atom. The summed E-state index contributed by atoms with van der Waals surface area (Å²) >= 11 is 0. The molecule has 4 N–H and O–H groups in total. The first-order valence-corrected chi connectivity index (χ1v) is 5.43. The molecule has 0 aromatic heterocycles. The Bertz CT molecular complexity index is 545. The second-order valence-corrected chi connectivity index (χ2v) is 3.84. The fourth-order valence-electron chi connectivity index (χ4n) is 1.50. The van der Waals surface area contributed by atoms with Crippen molar-refractivity contribution < 1.29 is 24.4 Å². The van der Waals surface area contributed by atoms with E-state index in [0.29, 0.717) is 0 Å². The van der Waals surface area contributed by atoms with Crippen LogP contribution in [-0.2, 0) is 9.53 Å². The number of rotatable bonds is 7. The number of nitro groups is 1. The number of aliphatic carboxylic acids is 1. The highest BCUT2D eigenvalue weighted by Crippen LogP contribution is 2.22. The van der Waals surface area contributed by atoms with Crippen LogP contribution in [0.5, 0.6) is 0 Å². The quantitative estimate of drug-likeness (QED) is 0.478. The van der Waals surface area contributed by atoms with Crippen molar-refractivity contribution in [3.8, 4) is 0 Å². The lowest BCUT2D eigenvalue weighted by molar-refractivity contribution is -0.384. The summed E-state index contributed by atoms with van der Waals surface area (Å²) in [6.45, 7) is -0.148. The van der Waals surface area contributed by atoms with Crippen molar-refractivity contribution in [2.45, 2.75) is 6.04 Å². The van der Waals surface area contributed by atoms with Gasteiger partial charge in [0.1, 0.15) is 6.04 Å². The number of nitrogens with zero attached hydrogens (tertiary/aromatic N) is 1. The lowest BCUT2D eigenvalue weighted by atomic mass is 10.1. The van der Waals surface area contributed by atoms with Crippen LogP contribution >= 0.6 is 0 Å². The zero-order valence-corrected chi connectivity index (χ0v) is 10.5. The van der Waals surface area contributed by atoms with E-state index >= 15 is 0 Å². The Labute approximate surface area is 113 Å². The Morgan fingerprint density at radius 1 is 1.55 bits per heavy atom. The third-order valence-corrected chi connectivity index (χ3v) is 2.44. The van der Waals surface area contributed by atoms with Crippen LogP contribution in [0, 0.1) is 10.1 Å². The number of nitro benzene ring substituents is 1. The summed E-state index contributed by atoms with van der Waals surface area (Å²) in [4.78, 5) is 32.2. The van der Waals surface area contributed by atoms with Gasteiger partial charge < -0.3 is 20.9 Å². The summed E-state index contributed by atoms with van der Waals surface area (Å²) in [5.74, 6) is -2.10. The molecule has 0 aliphatic carbocycles. The molecule has 1 rings (SSSR count). The van der Waals surface area contributed by atoms with Crippen molar-refractivity contribution >= 4 is 23.3 Å². The van der Waals surface area contributed by atoms with Crippen LogP contribution in [0.4, 0.5) is 11.4 Å². The highest BCUT2D eigenvalue weighted by atomic mass is 16.6. The summed E-state index contributed by atoms with van der Waals surface area (Å²) in [5.41, 5.74) is 4.74. The van der Waals surface area contributed by atoms with Crippen molar-refractivity contribution in [2.24, 2.45) is 5.73 Å². The lowest BCUT2D eigenvalue weighted by Crippen LogP contribution is -2.34. The number of carboxylic acid groups (broad SMARTS) is 1. The third-order valence-electron chi connectivity index (χ3n) is 2.44. The standard InChI is InChI=1S/C11H13N3O6/c1-20-5-9(11(16)17)13-8-3-2-6(14(18)19)4-7(8)10(12)15/h2-4,9,13H,5H2,1H3,(H2,12,15)(H,16,17). The van der Waals surface area contributed by atoms with Crippen LogP contribution in [0.1, 0.15) is 10.4 Å². The number of carbonyl (C=O) groups excluding carboxylic acids is 1. The van der Waals surface area contributed by atoms with Crippen LogP contribution in [0.25, 0.3) is 0 Å². The Kier molecular flexibility index (Phi) is 4.98. The van der Waals surface area contributed by atoms with Gasteiger partial charge in [-0.05, 0) is 6.07 Å². The van der Waals surface area contributed by atoms with Gasteiger partial charge in [0.15, 0.2) is 0 Å². The first-order chi connectivity index (χ1) is 9.36. The van der Waals surface area contributed by atoms with Crippen molar-refractivity contribution in [3.63, 3.8) is 0 Å². The number of primary amides is 1. The van der Waals surface area contributed by atoms with E-state index in [1.807, 2.05) is 0 Å². The number of nitrogens with one attached hydrogen (secondary N) is 1. The molecular formula is C11H13N3O6. The summed E-state index contributed by atoms with van der Waals surface area (Å²) in [6.07, 6.45) is 0. The molecule has 0 aliphatic heterocycles. The summed E-state index contributed by atoms with van der Waals surface area (Å²) in [6, 6.07) is 2.24. The van der Waals surface area contributed by atoms with Gasteiger partial charge in [-0.1, -0.05) is 0 Å². The van der Waals surface area contributed by atoms with Crippen molar-refractivity contribution in [3.05, 3.63) is 33.9 Å². The number of methoxy groups -OCH3 is 1. The first-order valence-electron chi connectivity index (χ1n) is 5.43. The maximum atomic E-state index is 11.3. The number of hydrogen-bond donors (Lipinski definition) is 3. The number of anilines is 1. The zero-order valence-electron chi connectivity index (χ0n) is 10.5. The van der Waals surface area contributed by atoms with Crippen molar-refractivity contribution in [2.75, 3.05) is 19.0 Å². The summed E-state index contributed by atoms with van der Waals surface area (Å²) in [5, 5.41) is 22.2. The highest BCUT2D eigenvalue weighted by Gasteiger charge is 2.21. The van der Waals surface area contributed by atoms with Crippen LogP contribution in [0.2, 0.25) is 0 Å². The molecule has 0 aliphatic rings. The molecule has 0 bridgehead atoms. The second-order valence-electron chi connectivity index (χ2n) is 3.84. The molecule has 20 heavy (non-hydrogen) atoms. The number of ether oxygens (including phenoxy) is 1. The van der Waals surface area contributed by atoms with E-state index in [4.69, 9.17) is 15.6 Å². The molecule has 1 amide bonds. The highest BCUT2D eigenvalue weighted by molar-refractivity contribution is 5.99. The molecule has 1 aromatic rings. The predicted molar refractivity (Wildman–Crippen MR) is 68.5 cm³/mol. The van der Waals surface area contributed by atoms with Gasteiger partial charge in [-0.25, -0.2) is 4.79 Å². The van der Waals surface area contributed by atoms with E-state index in [-0.39, 0.29) is 23.5 Å². The average molecular weight is 283 g/mol. The van der Waals surface area contributed by atoms with E-state index in [9.17, 15) is 19.7 Å². The lowest BCUT2D eigenvalue weighted by Gasteiger charge is -2.16. The summed E-state index contributed by atoms with van der Waals surface area (Å²) in [7, 11) is 1.32. The molecular weight excluding hydrogens is 270 g/mol. The molecule has 0 fully saturated rings. The molecule has 9 heteroatoms. The number of carbonyl (C=O) groups is 2. The van der Waals surface area contributed by atoms with E-state index in [1.165, 1.54) is 13.2 Å². The molecule has 0 spiro atoms. The van der Waals surface area contributed by atoms with Crippen molar-refractivity contribution in [1.82, 2.24) is 0 Å². The van der Waals surface area contributed by atoms with Gasteiger partial charge in [0.25, 0.3) is 11.6 Å². The number of nitrogens with two attached hydrogens (primary N) is 1. The van der Waals surface area contributed by atoms with Gasteiger partial charge in [0.2, 0.25) is 0 Å². The van der Waals surface area contributed by atoms with Crippen LogP contribution < -0.4 is 11.1 Å². The SMILES string of the molecule is COCC(Nc1ccc([N+](=O)[O-])cc1C(N)=O)C(=O)O. The molecule has 0 saturated heterocycles. The van der Waals surface area contributed by atoms with Gasteiger partial charge in [-0.2, -0.15) is 0 Å². The minimum absolute atomic E-state index is 0.0903. The summed E-state index contributed by atoms with van der Waals surface area (Å²) < 4.78 is 4.73. The maximum Gasteiger partial charge on any atom is 0.328 e. The van der Waals surface area contributed by atoms with E-state index in [2.05, 4.69) is 5.32 Å². The number of non-ortho nitro benzene ring substituents is 1. The largest absolute Gasteiger partial charge is 0.480 e. The fourth-order valence-corrected chi connectivity index (χ4v) is 1.50. The van der Waals surface area contributed by atoms with E-state index in [1.54, 1.807) is 0 Å². The number of hydrogen-bond acceptors (Lipinski definition) is 6. The molecule has 0 radical (unpaired) electrons. The van der Waals surface area contributed by atoms with Crippen LogP contribution in [-0.4, -0.2) is 41.7 Å². The average Bonchev–Trinajstić information content (AvgIpc) is 2.37. The predicted octanol–water partition coefficient (Wildman–Crippen LogP) is 0.205. The normalized spacial score (nSPS) is 11.7. The van der Waals surface area contributed by atoms with Gasteiger partial charge in [-0.3, -0.25) is 14.9 Å². The maximum absolute atomic E-state index is 11.3. The molecule has 1 unspecified atom stereocenters. The number of benzene rings is 1. The molecule has 9 nitrogen and oxygen atoms in total. The van der Waals surface area contributed by atoms with Crippen LogP contribution in [0.15, 0.2) is 18.2 Å². The molecule has 0 heterocycles. The first kappa shape index (κ1) is 15.4. The van der Waals surface area contributed by atoms with Crippen LogP contribution in [0.3, 0.4) is 0 Å². The Morgan fingerprint density at radius 3 is 2.65 bits per heavy atom. The monoisotopic (exact) mass is 283 g/mol. The molecule has 1 aromatic carbocycles. The Balaban J connectivity index is 3.13. The van der Waals surface area contributed by atoms with Gasteiger partial charge in [-0.15, -0.1) is 0 Å². The van der Waals surface area contributed by atoms with Gasteiger partial charge in [0, 0.05) is 24.9 Å². The van der Waals surface area contributed by atoms with Gasteiger partial charge >= 0.3 is 5.97 Å². The second kappa shape index (κ2) is 6.48. The van der Waals surface area contributed by atoms with Crippen molar-refractivity contribution in [1.29, 1.82) is 0 Å². The minimum atomic E-state index is -1.19. The fraction of sp³-hybridized carbons (Fsp3) is 0.273. The molecule has 0 saturated carbocycles. The van der Waals surface area contributed by atoms with Gasteiger partial charge in [0.05, 0.1) is 17.1 Å². The third kappa shape index (κ3) is 3.65. The zero-order chi connectivity index (χ0) is 15.3. The van der Waals surface area contributed by atoms with E-state index < -0.39 is 22.8 Å². The molecule has 108 valence electrons. The van der Waals surface area contributed by atoms with E-state index in [0.717, 1.165) is 12.1 Å². The smallest absolute Gasteiger partial charge is 0.328 e. The minimum Gasteiger partial charge on any atom is -0.480 e. The topological polar surface area (TPSA) is 145 Å². The Hall–Kier alpha value is -2.68. The number of carboxylic acids is 1. The molecule has 1 atom stereocenters.